The Bertz CT molecular complexity index is 1560. The minimum Gasteiger partial charge on any atom is -0.456 e. The molecule has 0 radical (unpaired) electrons. The molecule has 4 aromatic rings. The highest BCUT2D eigenvalue weighted by atomic mass is 16.6. The third-order valence-electron chi connectivity index (χ3n) is 7.60. The fraction of sp³-hybridized carbons (Fsp3) is 0.242. The normalized spacial score (nSPS) is 16.8. The largest absolute Gasteiger partial charge is 0.456 e. The van der Waals surface area contributed by atoms with Gasteiger partial charge in [-0.15, -0.1) is 0 Å². The highest BCUT2D eigenvalue weighted by Crippen LogP contribution is 2.57. The number of esters is 1. The van der Waals surface area contributed by atoms with Crippen molar-refractivity contribution in [3.05, 3.63) is 112 Å². The monoisotopic (exact) mass is 504 g/mol. The molecule has 5 nitrogen and oxygen atoms in total. The maximum Gasteiger partial charge on any atom is 0.340 e. The van der Waals surface area contributed by atoms with Crippen LogP contribution >= 0.6 is 0 Å². The van der Waals surface area contributed by atoms with Crippen molar-refractivity contribution in [1.29, 1.82) is 0 Å². The maximum absolute atomic E-state index is 13.2. The van der Waals surface area contributed by atoms with Crippen LogP contribution in [0.15, 0.2) is 78.9 Å². The van der Waals surface area contributed by atoms with E-state index in [4.69, 9.17) is 9.47 Å². The van der Waals surface area contributed by atoms with E-state index in [1.807, 2.05) is 36.4 Å². The Balaban J connectivity index is 1.52. The SMILES string of the molecule is CCCN(CC)c1ccc2c(c1)Oc1ccc(Nc3ccc(C)cc3C)cc1C21OC(=O)c2ccccc21. The minimum atomic E-state index is -1.09. The molecule has 5 heteroatoms. The van der Waals surface area contributed by atoms with Gasteiger partial charge < -0.3 is 19.7 Å². The van der Waals surface area contributed by atoms with Gasteiger partial charge in [0, 0.05) is 52.9 Å². The summed E-state index contributed by atoms with van der Waals surface area (Å²) < 4.78 is 12.9. The standard InChI is InChI=1S/C33H32N2O3/c1-5-17-35(6-2)24-13-14-27-31(20-24)37-30-16-12-23(34-29-15-11-21(3)18-22(29)4)19-28(30)33(27)26-10-8-7-9-25(26)32(36)38-33/h7-16,18-20,34H,5-6,17H2,1-4H3. The molecule has 38 heavy (non-hydrogen) atoms. The third kappa shape index (κ3) is 3.73. The van der Waals surface area contributed by atoms with Gasteiger partial charge in [-0.05, 0) is 75.2 Å². The lowest BCUT2D eigenvalue weighted by molar-refractivity contribution is 0.0224. The number of aryl methyl sites for hydroxylation is 2. The van der Waals surface area contributed by atoms with Gasteiger partial charge in [-0.1, -0.05) is 42.8 Å². The van der Waals surface area contributed by atoms with E-state index in [0.29, 0.717) is 17.1 Å². The zero-order valence-electron chi connectivity index (χ0n) is 22.3. The van der Waals surface area contributed by atoms with Crippen LogP contribution in [-0.2, 0) is 10.3 Å². The molecule has 2 aliphatic rings. The van der Waals surface area contributed by atoms with Gasteiger partial charge in [0.25, 0.3) is 0 Å². The molecule has 0 amide bonds. The second kappa shape index (κ2) is 9.25. The van der Waals surface area contributed by atoms with Crippen molar-refractivity contribution in [2.24, 2.45) is 0 Å². The van der Waals surface area contributed by atoms with Gasteiger partial charge >= 0.3 is 5.97 Å². The molecule has 0 saturated carbocycles. The average molecular weight is 505 g/mol. The molecular formula is C33H32N2O3. The highest BCUT2D eigenvalue weighted by Gasteiger charge is 2.53. The maximum atomic E-state index is 13.2. The van der Waals surface area contributed by atoms with E-state index in [0.717, 1.165) is 58.8 Å². The van der Waals surface area contributed by atoms with Crippen LogP contribution in [0.1, 0.15) is 58.4 Å². The Labute approximate surface area is 224 Å². The van der Waals surface area contributed by atoms with Crippen LogP contribution in [0, 0.1) is 13.8 Å². The summed E-state index contributed by atoms with van der Waals surface area (Å²) in [5.74, 6) is 1.07. The van der Waals surface area contributed by atoms with Crippen molar-refractivity contribution in [1.82, 2.24) is 0 Å². The summed E-state index contributed by atoms with van der Waals surface area (Å²) in [6, 6.07) is 26.3. The molecule has 4 aromatic carbocycles. The lowest BCUT2D eigenvalue weighted by Gasteiger charge is -2.37. The van der Waals surface area contributed by atoms with Gasteiger partial charge in [0.2, 0.25) is 0 Å². The van der Waals surface area contributed by atoms with E-state index in [-0.39, 0.29) is 5.97 Å². The molecule has 1 spiro atoms. The summed E-state index contributed by atoms with van der Waals surface area (Å²) in [5.41, 5.74) is 7.40. The first-order valence-electron chi connectivity index (χ1n) is 13.3. The second-order valence-electron chi connectivity index (χ2n) is 10.1. The zero-order valence-corrected chi connectivity index (χ0v) is 22.3. The molecule has 0 saturated heterocycles. The van der Waals surface area contributed by atoms with Crippen LogP contribution in [0.3, 0.4) is 0 Å². The van der Waals surface area contributed by atoms with Gasteiger partial charge in [-0.25, -0.2) is 4.79 Å². The molecule has 192 valence electrons. The van der Waals surface area contributed by atoms with Crippen molar-refractivity contribution in [3.63, 3.8) is 0 Å². The van der Waals surface area contributed by atoms with E-state index < -0.39 is 5.60 Å². The van der Waals surface area contributed by atoms with Gasteiger partial charge in [0.05, 0.1) is 5.56 Å². The number of hydrogen-bond donors (Lipinski definition) is 1. The molecule has 0 aromatic heterocycles. The van der Waals surface area contributed by atoms with Gasteiger partial charge in [-0.3, -0.25) is 0 Å². The average Bonchev–Trinajstić information content (AvgIpc) is 3.22. The zero-order chi connectivity index (χ0) is 26.4. The first-order chi connectivity index (χ1) is 18.4. The van der Waals surface area contributed by atoms with Crippen LogP contribution in [-0.4, -0.2) is 19.1 Å². The van der Waals surface area contributed by atoms with E-state index in [1.54, 1.807) is 0 Å². The Morgan fingerprint density at radius 3 is 2.47 bits per heavy atom. The molecule has 6 rings (SSSR count). The van der Waals surface area contributed by atoms with E-state index in [9.17, 15) is 4.79 Å². The van der Waals surface area contributed by atoms with Crippen LogP contribution in [0.4, 0.5) is 17.1 Å². The molecule has 0 aliphatic carbocycles. The molecule has 1 unspecified atom stereocenters. The molecule has 0 bridgehead atoms. The predicted molar refractivity (Wildman–Crippen MR) is 152 cm³/mol. The van der Waals surface area contributed by atoms with Crippen molar-refractivity contribution < 1.29 is 14.3 Å². The second-order valence-corrected chi connectivity index (χ2v) is 10.1. The van der Waals surface area contributed by atoms with Crippen LogP contribution < -0.4 is 15.0 Å². The number of nitrogens with one attached hydrogen (secondary N) is 1. The number of carbonyl (C=O) groups excluding carboxylic acids is 1. The number of benzene rings is 4. The molecule has 1 N–H and O–H groups in total. The number of rotatable bonds is 6. The summed E-state index contributed by atoms with van der Waals surface area (Å²) in [6.45, 7) is 10.4. The first-order valence-corrected chi connectivity index (χ1v) is 13.3. The van der Waals surface area contributed by atoms with Crippen LogP contribution in [0.25, 0.3) is 0 Å². The quantitative estimate of drug-likeness (QED) is 0.271. The molecular weight excluding hydrogens is 472 g/mol. The summed E-state index contributed by atoms with van der Waals surface area (Å²) in [7, 11) is 0. The molecule has 2 heterocycles. The van der Waals surface area contributed by atoms with Crippen molar-refractivity contribution in [2.75, 3.05) is 23.3 Å². The number of nitrogens with zero attached hydrogens (tertiary/aromatic N) is 1. The minimum absolute atomic E-state index is 0.322. The van der Waals surface area contributed by atoms with Gasteiger partial charge in [-0.2, -0.15) is 0 Å². The van der Waals surface area contributed by atoms with E-state index >= 15 is 0 Å². The van der Waals surface area contributed by atoms with E-state index in [2.05, 4.69) is 80.4 Å². The Hall–Kier alpha value is -4.25. The van der Waals surface area contributed by atoms with Gasteiger partial charge in [0.1, 0.15) is 11.5 Å². The topological polar surface area (TPSA) is 50.8 Å². The fourth-order valence-corrected chi connectivity index (χ4v) is 5.78. The van der Waals surface area contributed by atoms with Crippen molar-refractivity contribution in [2.45, 2.75) is 39.7 Å². The summed E-state index contributed by atoms with van der Waals surface area (Å²) >= 11 is 0. The van der Waals surface area contributed by atoms with Gasteiger partial charge in [0.15, 0.2) is 5.60 Å². The fourth-order valence-electron chi connectivity index (χ4n) is 5.78. The molecule has 1 atom stereocenters. The van der Waals surface area contributed by atoms with Crippen LogP contribution in [0.2, 0.25) is 0 Å². The number of ether oxygens (including phenoxy) is 2. The Morgan fingerprint density at radius 2 is 1.68 bits per heavy atom. The number of anilines is 3. The smallest absolute Gasteiger partial charge is 0.340 e. The Morgan fingerprint density at radius 1 is 0.842 bits per heavy atom. The van der Waals surface area contributed by atoms with Crippen LogP contribution in [0.5, 0.6) is 11.5 Å². The number of fused-ring (bicyclic) bond motifs is 6. The summed E-state index contributed by atoms with van der Waals surface area (Å²) in [6.07, 6.45) is 1.06. The third-order valence-corrected chi connectivity index (χ3v) is 7.60. The van der Waals surface area contributed by atoms with E-state index in [1.165, 1.54) is 5.56 Å². The number of carbonyl (C=O) groups is 1. The number of hydrogen-bond acceptors (Lipinski definition) is 5. The molecule has 2 aliphatic heterocycles. The van der Waals surface area contributed by atoms with Crippen molar-refractivity contribution in [3.8, 4) is 11.5 Å². The Kier molecular flexibility index (Phi) is 5.87. The summed E-state index contributed by atoms with van der Waals surface area (Å²) in [5, 5.41) is 3.56. The lowest BCUT2D eigenvalue weighted by atomic mass is 9.77. The first kappa shape index (κ1) is 24.1. The highest BCUT2D eigenvalue weighted by molar-refractivity contribution is 5.97. The lowest BCUT2D eigenvalue weighted by Crippen LogP contribution is -2.33. The molecule has 0 fully saturated rings. The summed E-state index contributed by atoms with van der Waals surface area (Å²) in [4.78, 5) is 15.6. The predicted octanol–water partition coefficient (Wildman–Crippen LogP) is 7.85. The van der Waals surface area contributed by atoms with Crippen molar-refractivity contribution >= 4 is 23.0 Å².